The van der Waals surface area contributed by atoms with Crippen molar-refractivity contribution in [1.82, 2.24) is 9.97 Å². The third-order valence-electron chi connectivity index (χ3n) is 3.42. The summed E-state index contributed by atoms with van der Waals surface area (Å²) in [6.07, 6.45) is 2.70. The number of aromatic nitrogens is 2. The van der Waals surface area contributed by atoms with Gasteiger partial charge in [0.1, 0.15) is 12.1 Å². The van der Waals surface area contributed by atoms with Crippen LogP contribution in [0.25, 0.3) is 10.9 Å². The first-order valence-electron chi connectivity index (χ1n) is 6.73. The van der Waals surface area contributed by atoms with E-state index in [4.69, 9.17) is 0 Å². The molecule has 0 aliphatic rings. The molecule has 0 saturated heterocycles. The molecule has 2 aromatic heterocycles. The van der Waals surface area contributed by atoms with Gasteiger partial charge in [0, 0.05) is 25.2 Å². The monoisotopic (exact) mass is 411 g/mol. The van der Waals surface area contributed by atoms with Crippen molar-refractivity contribution >= 4 is 53.8 Å². The molecule has 0 atom stereocenters. The second kappa shape index (κ2) is 6.18. The minimum Gasteiger partial charge on any atom is -0.355 e. The molecule has 5 nitrogen and oxygen atoms in total. The minimum absolute atomic E-state index is 0.271. The van der Waals surface area contributed by atoms with Gasteiger partial charge in [-0.15, -0.1) is 11.3 Å². The summed E-state index contributed by atoms with van der Waals surface area (Å²) < 4.78 is 24.7. The Balaban J connectivity index is 2.05. The number of benzene rings is 1. The van der Waals surface area contributed by atoms with E-state index in [9.17, 15) is 8.42 Å². The summed E-state index contributed by atoms with van der Waals surface area (Å²) in [5.74, 6) is 0.711. The molecule has 1 aromatic carbocycles. The van der Waals surface area contributed by atoms with Crippen LogP contribution in [0.2, 0.25) is 0 Å². The number of hydrogen-bond acceptors (Lipinski definition) is 6. The van der Waals surface area contributed by atoms with Gasteiger partial charge in [-0.25, -0.2) is 18.4 Å². The van der Waals surface area contributed by atoms with E-state index >= 15 is 0 Å². The summed E-state index contributed by atoms with van der Waals surface area (Å²) in [6.45, 7) is 0.678. The van der Waals surface area contributed by atoms with Crippen LogP contribution in [0.1, 0.15) is 5.56 Å². The topological polar surface area (TPSA) is 63.2 Å². The van der Waals surface area contributed by atoms with Gasteiger partial charge in [-0.2, -0.15) is 0 Å². The number of halogens is 1. The molecular weight excluding hydrogens is 398 g/mol. The fourth-order valence-electron chi connectivity index (χ4n) is 2.33. The second-order valence-corrected chi connectivity index (χ2v) is 9.57. The summed E-state index contributed by atoms with van der Waals surface area (Å²) in [6, 6.07) is 6.99. The molecule has 8 heteroatoms. The first kappa shape index (κ1) is 16.4. The van der Waals surface area contributed by atoms with Gasteiger partial charge in [0.2, 0.25) is 0 Å². The molecule has 0 aliphatic heterocycles. The summed E-state index contributed by atoms with van der Waals surface area (Å²) in [4.78, 5) is 10.8. The third kappa shape index (κ3) is 3.54. The van der Waals surface area contributed by atoms with Crippen molar-refractivity contribution in [1.29, 1.82) is 0 Å². The lowest BCUT2D eigenvalue weighted by Gasteiger charge is -2.19. The zero-order chi connectivity index (χ0) is 16.6. The molecule has 0 bridgehead atoms. The summed E-state index contributed by atoms with van der Waals surface area (Å²) in [5, 5.41) is 2.80. The highest BCUT2D eigenvalue weighted by Gasteiger charge is 2.14. The minimum atomic E-state index is -3.27. The molecule has 120 valence electrons. The third-order valence-corrected chi connectivity index (χ3v) is 6.08. The van der Waals surface area contributed by atoms with Crippen molar-refractivity contribution in [2.75, 3.05) is 18.2 Å². The molecule has 0 spiro atoms. The number of anilines is 1. The van der Waals surface area contributed by atoms with E-state index in [1.54, 1.807) is 29.5 Å². The summed E-state index contributed by atoms with van der Waals surface area (Å²) in [5.41, 5.74) is 1.89. The Morgan fingerprint density at radius 1 is 1.26 bits per heavy atom. The molecule has 0 N–H and O–H groups in total. The van der Waals surface area contributed by atoms with E-state index in [1.807, 2.05) is 11.9 Å². The van der Waals surface area contributed by atoms with Crippen LogP contribution >= 0.6 is 27.3 Å². The molecule has 0 aliphatic carbocycles. The Bertz CT molecular complexity index is 970. The molecule has 3 aromatic rings. The zero-order valence-electron chi connectivity index (χ0n) is 12.5. The van der Waals surface area contributed by atoms with Crippen LogP contribution in [0.3, 0.4) is 0 Å². The highest BCUT2D eigenvalue weighted by atomic mass is 79.9. The molecule has 0 radical (unpaired) electrons. The lowest BCUT2D eigenvalue weighted by molar-refractivity contribution is 0.602. The molecule has 23 heavy (non-hydrogen) atoms. The first-order chi connectivity index (χ1) is 10.8. The lowest BCUT2D eigenvalue weighted by Crippen LogP contribution is -2.18. The average molecular weight is 412 g/mol. The second-order valence-electron chi connectivity index (χ2n) is 5.26. The predicted molar refractivity (Wildman–Crippen MR) is 96.8 cm³/mol. The van der Waals surface area contributed by atoms with Gasteiger partial charge in [-0.05, 0) is 51.1 Å². The van der Waals surface area contributed by atoms with Crippen LogP contribution in [0.15, 0.2) is 44.7 Å². The van der Waals surface area contributed by atoms with Crippen LogP contribution in [-0.2, 0) is 16.4 Å². The molecular formula is C15H14BrN3O2S2. The van der Waals surface area contributed by atoms with Crippen LogP contribution in [-0.4, -0.2) is 31.7 Å². The van der Waals surface area contributed by atoms with Crippen LogP contribution in [0.4, 0.5) is 5.82 Å². The number of thiophene rings is 1. The van der Waals surface area contributed by atoms with Crippen molar-refractivity contribution < 1.29 is 8.42 Å². The standard InChI is InChI=1S/C15H14BrN3O2S2/c1-19(7-10-5-14(16)22-8-10)15-12-6-11(23(2,20)21)3-4-13(12)17-9-18-15/h3-6,8-9H,7H2,1-2H3. The van der Waals surface area contributed by atoms with Crippen LogP contribution in [0, 0.1) is 0 Å². The smallest absolute Gasteiger partial charge is 0.175 e. The van der Waals surface area contributed by atoms with Crippen molar-refractivity contribution in [3.63, 3.8) is 0 Å². The average Bonchev–Trinajstić information content (AvgIpc) is 2.90. The Morgan fingerprint density at radius 3 is 2.70 bits per heavy atom. The number of nitrogens with zero attached hydrogens (tertiary/aromatic N) is 3. The predicted octanol–water partition coefficient (Wildman–Crippen LogP) is 3.49. The maximum atomic E-state index is 11.8. The molecule has 0 unspecified atom stereocenters. The Hall–Kier alpha value is -1.51. The number of hydrogen-bond donors (Lipinski definition) is 0. The van der Waals surface area contributed by atoms with Crippen LogP contribution in [0.5, 0.6) is 0 Å². The van der Waals surface area contributed by atoms with Crippen molar-refractivity contribution in [2.45, 2.75) is 11.4 Å². The lowest BCUT2D eigenvalue weighted by atomic mass is 10.2. The number of sulfone groups is 1. The van der Waals surface area contributed by atoms with Gasteiger partial charge < -0.3 is 4.90 Å². The fourth-order valence-corrected chi connectivity index (χ4v) is 4.18. The zero-order valence-corrected chi connectivity index (χ0v) is 15.7. The molecule has 2 heterocycles. The van der Waals surface area contributed by atoms with Crippen molar-refractivity contribution in [3.05, 3.63) is 45.3 Å². The van der Waals surface area contributed by atoms with E-state index in [0.29, 0.717) is 12.4 Å². The largest absolute Gasteiger partial charge is 0.355 e. The summed E-state index contributed by atoms with van der Waals surface area (Å²) in [7, 11) is -1.34. The van der Waals surface area contributed by atoms with Gasteiger partial charge in [-0.1, -0.05) is 0 Å². The maximum Gasteiger partial charge on any atom is 0.175 e. The van der Waals surface area contributed by atoms with E-state index < -0.39 is 9.84 Å². The Morgan fingerprint density at radius 2 is 2.04 bits per heavy atom. The van der Waals surface area contributed by atoms with Gasteiger partial charge in [0.15, 0.2) is 9.84 Å². The molecule has 0 saturated carbocycles. The summed E-state index contributed by atoms with van der Waals surface area (Å²) >= 11 is 5.09. The van der Waals surface area contributed by atoms with Gasteiger partial charge in [0.05, 0.1) is 14.2 Å². The van der Waals surface area contributed by atoms with E-state index in [1.165, 1.54) is 12.6 Å². The van der Waals surface area contributed by atoms with Crippen molar-refractivity contribution in [3.8, 4) is 0 Å². The van der Waals surface area contributed by atoms with E-state index in [2.05, 4.69) is 37.3 Å². The maximum absolute atomic E-state index is 11.8. The molecule has 0 amide bonds. The molecule has 3 rings (SSSR count). The van der Waals surface area contributed by atoms with Crippen LogP contribution < -0.4 is 4.90 Å². The van der Waals surface area contributed by atoms with Gasteiger partial charge >= 0.3 is 0 Å². The highest BCUT2D eigenvalue weighted by molar-refractivity contribution is 9.11. The first-order valence-corrected chi connectivity index (χ1v) is 10.3. The fraction of sp³-hybridized carbons (Fsp3) is 0.200. The van der Waals surface area contributed by atoms with E-state index in [-0.39, 0.29) is 4.90 Å². The van der Waals surface area contributed by atoms with Gasteiger partial charge in [0.25, 0.3) is 0 Å². The van der Waals surface area contributed by atoms with Crippen molar-refractivity contribution in [2.24, 2.45) is 0 Å². The molecule has 0 fully saturated rings. The van der Waals surface area contributed by atoms with E-state index in [0.717, 1.165) is 20.3 Å². The normalized spacial score (nSPS) is 11.8. The Kier molecular flexibility index (Phi) is 4.39. The SMILES string of the molecule is CN(Cc1csc(Br)c1)c1ncnc2ccc(S(C)(=O)=O)cc12. The quantitative estimate of drug-likeness (QED) is 0.657. The number of fused-ring (bicyclic) bond motifs is 1. The number of rotatable bonds is 4. The van der Waals surface area contributed by atoms with Gasteiger partial charge in [-0.3, -0.25) is 0 Å². The Labute approximate surface area is 147 Å². The highest BCUT2D eigenvalue weighted by Crippen LogP contribution is 2.27.